The second-order valence-electron chi connectivity index (χ2n) is 2.46. The Balaban J connectivity index is 2.65. The minimum Gasteiger partial charge on any atom is -0.382 e. The Kier molecular flexibility index (Phi) is 3.21. The number of hydrogen-bond acceptors (Lipinski definition) is 2. The topological polar surface area (TPSA) is 35.8 Å². The highest BCUT2D eigenvalue weighted by Gasteiger charge is 2.01. The predicted molar refractivity (Wildman–Crippen MR) is 45.1 cm³/mol. The zero-order valence-electron chi connectivity index (χ0n) is 6.85. The first-order valence-electron chi connectivity index (χ1n) is 3.80. The maximum absolute atomic E-state index is 12.9. The lowest BCUT2D eigenvalue weighted by Crippen LogP contribution is -2.02. The molecule has 0 spiro atoms. The maximum atomic E-state index is 12.9. The van der Waals surface area contributed by atoms with Gasteiger partial charge in [0.05, 0.1) is 18.2 Å². The Morgan fingerprint density at radius 2 is 2.15 bits per heavy atom. The lowest BCUT2D eigenvalue weighted by atomic mass is 10.3. The van der Waals surface area contributed by atoms with Crippen molar-refractivity contribution in [3.63, 3.8) is 0 Å². The molecule has 0 bridgehead atoms. The van der Waals surface area contributed by atoms with E-state index in [1.54, 1.807) is 0 Å². The number of hydrogen-bond donors (Lipinski definition) is 1. The largest absolute Gasteiger partial charge is 0.382 e. The average molecular weight is 182 g/mol. The van der Waals surface area contributed by atoms with Crippen molar-refractivity contribution in [1.82, 2.24) is 0 Å². The minimum absolute atomic E-state index is 0.0928. The maximum Gasteiger partial charge on any atom is 0.146 e. The van der Waals surface area contributed by atoms with Gasteiger partial charge in [-0.2, -0.15) is 5.26 Å². The summed E-state index contributed by atoms with van der Waals surface area (Å²) in [5, 5.41) is 10.8. The fraction of sp³-hybridized carbons (Fsp3) is 0.222. The van der Waals surface area contributed by atoms with E-state index in [0.29, 0.717) is 6.54 Å². The van der Waals surface area contributed by atoms with E-state index in [2.05, 4.69) is 5.32 Å². The van der Waals surface area contributed by atoms with Gasteiger partial charge >= 0.3 is 0 Å². The summed E-state index contributed by atoms with van der Waals surface area (Å²) in [4.78, 5) is 0. The smallest absolute Gasteiger partial charge is 0.146 e. The Labute approximate surface area is 74.8 Å². The van der Waals surface area contributed by atoms with Crippen LogP contribution in [0, 0.1) is 23.0 Å². The second kappa shape index (κ2) is 4.41. The van der Waals surface area contributed by atoms with Gasteiger partial charge in [-0.1, -0.05) is 0 Å². The summed E-state index contributed by atoms with van der Waals surface area (Å²) in [6, 6.07) is 5.05. The highest BCUT2D eigenvalue weighted by atomic mass is 19.1. The molecule has 0 aliphatic carbocycles. The molecule has 4 heteroatoms. The first-order valence-corrected chi connectivity index (χ1v) is 3.80. The van der Waals surface area contributed by atoms with E-state index in [0.717, 1.165) is 18.2 Å². The van der Waals surface area contributed by atoms with Gasteiger partial charge in [-0.25, -0.2) is 8.78 Å². The van der Waals surface area contributed by atoms with E-state index in [4.69, 9.17) is 5.26 Å². The van der Waals surface area contributed by atoms with Crippen LogP contribution in [0.15, 0.2) is 18.2 Å². The van der Waals surface area contributed by atoms with Crippen LogP contribution < -0.4 is 5.32 Å². The Hall–Kier alpha value is -1.63. The summed E-state index contributed by atoms with van der Waals surface area (Å²) >= 11 is 0. The van der Waals surface area contributed by atoms with Crippen molar-refractivity contribution in [2.45, 2.75) is 6.42 Å². The molecule has 1 aromatic rings. The molecule has 2 nitrogen and oxygen atoms in total. The highest BCUT2D eigenvalue weighted by Crippen LogP contribution is 2.14. The lowest BCUT2D eigenvalue weighted by Gasteiger charge is -2.04. The first kappa shape index (κ1) is 9.46. The zero-order chi connectivity index (χ0) is 9.68. The van der Waals surface area contributed by atoms with Crippen molar-refractivity contribution in [2.24, 2.45) is 0 Å². The molecule has 0 saturated heterocycles. The van der Waals surface area contributed by atoms with E-state index in [1.165, 1.54) is 0 Å². The van der Waals surface area contributed by atoms with E-state index >= 15 is 0 Å². The molecule has 0 aromatic heterocycles. The van der Waals surface area contributed by atoms with E-state index in [-0.39, 0.29) is 12.1 Å². The van der Waals surface area contributed by atoms with Crippen LogP contribution >= 0.6 is 0 Å². The SMILES string of the molecule is N#CCCNc1cc(F)ccc1F. The minimum atomic E-state index is -0.515. The van der Waals surface area contributed by atoms with Crippen LogP contribution in [0.4, 0.5) is 14.5 Å². The Morgan fingerprint density at radius 1 is 1.38 bits per heavy atom. The van der Waals surface area contributed by atoms with Crippen LogP contribution in [0.1, 0.15) is 6.42 Å². The molecule has 0 heterocycles. The average Bonchev–Trinajstić information content (AvgIpc) is 2.11. The third-order valence-corrected chi connectivity index (χ3v) is 1.48. The van der Waals surface area contributed by atoms with Crippen LogP contribution in [-0.2, 0) is 0 Å². The van der Waals surface area contributed by atoms with E-state index < -0.39 is 11.6 Å². The van der Waals surface area contributed by atoms with Gasteiger partial charge in [0.1, 0.15) is 11.6 Å². The van der Waals surface area contributed by atoms with E-state index in [1.807, 2.05) is 6.07 Å². The lowest BCUT2D eigenvalue weighted by molar-refractivity contribution is 0.602. The molecule has 13 heavy (non-hydrogen) atoms. The molecule has 0 aliphatic heterocycles. The summed E-state index contributed by atoms with van der Waals surface area (Å²) in [5.41, 5.74) is 0.0928. The van der Waals surface area contributed by atoms with Gasteiger partial charge in [0.15, 0.2) is 0 Å². The molecule has 1 rings (SSSR count). The van der Waals surface area contributed by atoms with Gasteiger partial charge in [0.25, 0.3) is 0 Å². The molecule has 0 fully saturated rings. The monoisotopic (exact) mass is 182 g/mol. The van der Waals surface area contributed by atoms with Gasteiger partial charge in [0.2, 0.25) is 0 Å². The van der Waals surface area contributed by atoms with Crippen molar-refractivity contribution < 1.29 is 8.78 Å². The van der Waals surface area contributed by atoms with Crippen LogP contribution in [0.2, 0.25) is 0 Å². The van der Waals surface area contributed by atoms with Crippen molar-refractivity contribution in [2.75, 3.05) is 11.9 Å². The number of nitrogens with one attached hydrogen (secondary N) is 1. The quantitative estimate of drug-likeness (QED) is 0.728. The Bertz CT molecular complexity index is 331. The number of benzene rings is 1. The highest BCUT2D eigenvalue weighted by molar-refractivity contribution is 5.44. The fourth-order valence-corrected chi connectivity index (χ4v) is 0.886. The summed E-state index contributed by atoms with van der Waals surface area (Å²) in [6.45, 7) is 0.316. The number of halogens is 2. The molecule has 0 atom stereocenters. The predicted octanol–water partition coefficient (Wildman–Crippen LogP) is 2.29. The molecular weight excluding hydrogens is 174 g/mol. The molecule has 0 radical (unpaired) electrons. The molecule has 1 aromatic carbocycles. The standard InChI is InChI=1S/C9H8F2N2/c10-7-2-3-8(11)9(6-7)13-5-1-4-12/h2-3,6,13H,1,5H2. The number of nitrogens with zero attached hydrogens (tertiary/aromatic N) is 1. The van der Waals surface area contributed by atoms with Crippen molar-refractivity contribution in [3.8, 4) is 6.07 Å². The van der Waals surface area contributed by atoms with Gasteiger partial charge in [0, 0.05) is 6.54 Å². The molecule has 1 N–H and O–H groups in total. The van der Waals surface area contributed by atoms with Crippen LogP contribution in [0.3, 0.4) is 0 Å². The number of rotatable bonds is 3. The Morgan fingerprint density at radius 3 is 2.85 bits per heavy atom. The van der Waals surface area contributed by atoms with Crippen molar-refractivity contribution in [3.05, 3.63) is 29.8 Å². The summed E-state index contributed by atoms with van der Waals surface area (Å²) in [5.74, 6) is -1.01. The molecule has 0 aliphatic rings. The number of anilines is 1. The van der Waals surface area contributed by atoms with E-state index in [9.17, 15) is 8.78 Å². The zero-order valence-corrected chi connectivity index (χ0v) is 6.85. The van der Waals surface area contributed by atoms with Crippen molar-refractivity contribution in [1.29, 1.82) is 5.26 Å². The third-order valence-electron chi connectivity index (χ3n) is 1.48. The molecule has 0 saturated carbocycles. The van der Waals surface area contributed by atoms with Crippen LogP contribution in [0.25, 0.3) is 0 Å². The van der Waals surface area contributed by atoms with Crippen LogP contribution in [-0.4, -0.2) is 6.54 Å². The second-order valence-corrected chi connectivity index (χ2v) is 2.46. The molecule has 68 valence electrons. The molecule has 0 amide bonds. The fourth-order valence-electron chi connectivity index (χ4n) is 0.886. The van der Waals surface area contributed by atoms with Crippen molar-refractivity contribution >= 4 is 5.69 Å². The number of nitriles is 1. The normalized spacial score (nSPS) is 9.31. The summed E-state index contributed by atoms with van der Waals surface area (Å²) < 4.78 is 25.5. The summed E-state index contributed by atoms with van der Waals surface area (Å²) in [7, 11) is 0. The molecule has 0 unspecified atom stereocenters. The summed E-state index contributed by atoms with van der Waals surface area (Å²) in [6.07, 6.45) is 0.260. The van der Waals surface area contributed by atoms with Crippen LogP contribution in [0.5, 0.6) is 0 Å². The third kappa shape index (κ3) is 2.71. The first-order chi connectivity index (χ1) is 6.24. The van der Waals surface area contributed by atoms with Gasteiger partial charge in [-0.15, -0.1) is 0 Å². The van der Waals surface area contributed by atoms with Gasteiger partial charge in [-0.05, 0) is 18.2 Å². The van der Waals surface area contributed by atoms with Gasteiger partial charge < -0.3 is 5.32 Å². The molecular formula is C9H8F2N2. The van der Waals surface area contributed by atoms with Gasteiger partial charge in [-0.3, -0.25) is 0 Å².